The Labute approximate surface area is 87.9 Å². The zero-order valence-electron chi connectivity index (χ0n) is 8.87. The van der Waals surface area contributed by atoms with Crippen LogP contribution in [0.2, 0.25) is 0 Å². The van der Waals surface area contributed by atoms with E-state index in [0.29, 0.717) is 12.2 Å². The quantitative estimate of drug-likeness (QED) is 0.552. The fraction of sp³-hybridized carbons (Fsp3) is 0.556. The van der Waals surface area contributed by atoms with E-state index in [0.717, 1.165) is 0 Å². The summed E-state index contributed by atoms with van der Waals surface area (Å²) in [4.78, 5) is 11.5. The number of nitrogens with zero attached hydrogens (tertiary/aromatic N) is 1. The Morgan fingerprint density at radius 1 is 1.73 bits per heavy atom. The Kier molecular flexibility index (Phi) is 3.31. The van der Waals surface area contributed by atoms with E-state index in [-0.39, 0.29) is 23.6 Å². The number of nitrogens with one attached hydrogen (secondary N) is 2. The van der Waals surface area contributed by atoms with Crippen LogP contribution in [0.1, 0.15) is 24.3 Å². The molecule has 15 heavy (non-hydrogen) atoms. The number of rotatable bonds is 4. The van der Waals surface area contributed by atoms with E-state index in [9.17, 15) is 4.79 Å². The number of nitrogens with two attached hydrogens (primary N) is 1. The zero-order valence-corrected chi connectivity index (χ0v) is 8.87. The zero-order chi connectivity index (χ0) is 11.5. The van der Waals surface area contributed by atoms with Crippen LogP contribution in [0.4, 0.5) is 5.69 Å². The molecule has 6 heteroatoms. The summed E-state index contributed by atoms with van der Waals surface area (Å²) in [7, 11) is 0. The van der Waals surface area contributed by atoms with Gasteiger partial charge < -0.3 is 16.2 Å². The minimum absolute atomic E-state index is 0.00569. The van der Waals surface area contributed by atoms with Gasteiger partial charge in [0, 0.05) is 18.6 Å². The molecule has 0 saturated carbocycles. The number of aromatic amines is 1. The molecule has 6 nitrogen and oxygen atoms in total. The van der Waals surface area contributed by atoms with E-state index in [1.54, 1.807) is 0 Å². The van der Waals surface area contributed by atoms with Crippen molar-refractivity contribution < 1.29 is 9.90 Å². The highest BCUT2D eigenvalue weighted by molar-refractivity contribution is 5.96. The fourth-order valence-electron chi connectivity index (χ4n) is 0.941. The molecule has 1 amide bonds. The number of aliphatic hydroxyl groups is 1. The number of aromatic nitrogens is 2. The van der Waals surface area contributed by atoms with Gasteiger partial charge in [0.1, 0.15) is 5.69 Å². The largest absolute Gasteiger partial charge is 0.396 e. The molecule has 0 aromatic carbocycles. The first kappa shape index (κ1) is 11.5. The van der Waals surface area contributed by atoms with Crippen LogP contribution in [0, 0.1) is 5.41 Å². The first-order chi connectivity index (χ1) is 6.96. The average Bonchev–Trinajstić information content (AvgIpc) is 2.61. The van der Waals surface area contributed by atoms with E-state index >= 15 is 0 Å². The van der Waals surface area contributed by atoms with Crippen LogP contribution < -0.4 is 11.1 Å². The van der Waals surface area contributed by atoms with E-state index < -0.39 is 0 Å². The lowest BCUT2D eigenvalue weighted by molar-refractivity contribution is 0.0907. The van der Waals surface area contributed by atoms with E-state index in [1.807, 2.05) is 13.8 Å². The van der Waals surface area contributed by atoms with Gasteiger partial charge in [0.05, 0.1) is 11.9 Å². The summed E-state index contributed by atoms with van der Waals surface area (Å²) in [5, 5.41) is 17.8. The molecular formula is C9H16N4O2. The number of anilines is 1. The predicted molar refractivity (Wildman–Crippen MR) is 56.2 cm³/mol. The lowest BCUT2D eigenvalue weighted by atomic mass is 9.95. The SMILES string of the molecule is CC(C)(CO)CNC(=O)c1[nH]ncc1N. The van der Waals surface area contributed by atoms with Gasteiger partial charge in [0.15, 0.2) is 0 Å². The third kappa shape index (κ3) is 2.95. The van der Waals surface area contributed by atoms with Crippen molar-refractivity contribution in [1.82, 2.24) is 15.5 Å². The first-order valence-corrected chi connectivity index (χ1v) is 4.64. The second-order valence-electron chi connectivity index (χ2n) is 4.21. The molecule has 0 aliphatic rings. The van der Waals surface area contributed by atoms with Crippen molar-refractivity contribution in [2.45, 2.75) is 13.8 Å². The van der Waals surface area contributed by atoms with E-state index in [2.05, 4.69) is 15.5 Å². The molecule has 0 fully saturated rings. The Morgan fingerprint density at radius 2 is 2.40 bits per heavy atom. The van der Waals surface area contributed by atoms with Gasteiger partial charge in [-0.05, 0) is 0 Å². The highest BCUT2D eigenvalue weighted by Crippen LogP contribution is 2.12. The molecule has 0 bridgehead atoms. The van der Waals surface area contributed by atoms with Gasteiger partial charge in [0.25, 0.3) is 5.91 Å². The lowest BCUT2D eigenvalue weighted by Gasteiger charge is -2.21. The molecule has 1 heterocycles. The molecule has 1 aromatic heterocycles. The van der Waals surface area contributed by atoms with Gasteiger partial charge in [-0.3, -0.25) is 9.89 Å². The van der Waals surface area contributed by atoms with Gasteiger partial charge in [-0.15, -0.1) is 0 Å². The van der Waals surface area contributed by atoms with Crippen molar-refractivity contribution in [3.05, 3.63) is 11.9 Å². The number of carbonyl (C=O) groups excluding carboxylic acids is 1. The van der Waals surface area contributed by atoms with Gasteiger partial charge in [0.2, 0.25) is 0 Å². The second-order valence-corrected chi connectivity index (χ2v) is 4.21. The highest BCUT2D eigenvalue weighted by atomic mass is 16.3. The third-order valence-electron chi connectivity index (χ3n) is 2.05. The Hall–Kier alpha value is -1.56. The van der Waals surface area contributed by atoms with Crippen LogP contribution in [0.15, 0.2) is 6.20 Å². The van der Waals surface area contributed by atoms with Crippen molar-refractivity contribution in [2.24, 2.45) is 5.41 Å². The molecule has 0 unspecified atom stereocenters. The summed E-state index contributed by atoms with van der Waals surface area (Å²) in [5.74, 6) is -0.313. The summed E-state index contributed by atoms with van der Waals surface area (Å²) in [5.41, 5.74) is 5.73. The second kappa shape index (κ2) is 4.31. The van der Waals surface area contributed by atoms with Crippen molar-refractivity contribution in [1.29, 1.82) is 0 Å². The number of hydrogen-bond donors (Lipinski definition) is 4. The van der Waals surface area contributed by atoms with Crippen LogP contribution >= 0.6 is 0 Å². The first-order valence-electron chi connectivity index (χ1n) is 4.64. The van der Waals surface area contributed by atoms with Gasteiger partial charge >= 0.3 is 0 Å². The number of amides is 1. The van der Waals surface area contributed by atoms with Crippen molar-refractivity contribution >= 4 is 11.6 Å². The van der Waals surface area contributed by atoms with E-state index in [1.165, 1.54) is 6.20 Å². The number of aliphatic hydroxyl groups excluding tert-OH is 1. The summed E-state index contributed by atoms with van der Waals surface area (Å²) < 4.78 is 0. The van der Waals surface area contributed by atoms with Gasteiger partial charge in [-0.2, -0.15) is 5.10 Å². The lowest BCUT2D eigenvalue weighted by Crippen LogP contribution is -2.36. The molecule has 1 rings (SSSR count). The van der Waals surface area contributed by atoms with Crippen molar-refractivity contribution in [3.63, 3.8) is 0 Å². The molecular weight excluding hydrogens is 196 g/mol. The number of H-pyrrole nitrogens is 1. The maximum absolute atomic E-state index is 11.5. The summed E-state index contributed by atoms with van der Waals surface area (Å²) >= 11 is 0. The molecule has 0 atom stereocenters. The molecule has 0 aliphatic carbocycles. The van der Waals surface area contributed by atoms with Crippen LogP contribution in [0.3, 0.4) is 0 Å². The fourth-order valence-corrected chi connectivity index (χ4v) is 0.941. The number of nitrogen functional groups attached to an aromatic ring is 1. The van der Waals surface area contributed by atoms with Crippen LogP contribution in [0.25, 0.3) is 0 Å². The minimum Gasteiger partial charge on any atom is -0.396 e. The van der Waals surface area contributed by atoms with Crippen LogP contribution in [-0.4, -0.2) is 34.4 Å². The molecule has 1 aromatic rings. The maximum atomic E-state index is 11.5. The Bertz CT molecular complexity index is 346. The van der Waals surface area contributed by atoms with Crippen LogP contribution in [-0.2, 0) is 0 Å². The summed E-state index contributed by atoms with van der Waals surface area (Å²) in [6.45, 7) is 4.08. The molecule has 84 valence electrons. The molecule has 5 N–H and O–H groups in total. The monoisotopic (exact) mass is 212 g/mol. The average molecular weight is 212 g/mol. The highest BCUT2D eigenvalue weighted by Gasteiger charge is 2.19. The van der Waals surface area contributed by atoms with E-state index in [4.69, 9.17) is 10.8 Å². The maximum Gasteiger partial charge on any atom is 0.271 e. The van der Waals surface area contributed by atoms with Crippen molar-refractivity contribution in [2.75, 3.05) is 18.9 Å². The van der Waals surface area contributed by atoms with Gasteiger partial charge in [-0.25, -0.2) is 0 Å². The predicted octanol–water partition coefficient (Wildman–Crippen LogP) is -0.260. The Balaban J connectivity index is 2.55. The molecule has 0 aliphatic heterocycles. The number of hydrogen-bond acceptors (Lipinski definition) is 4. The molecule has 0 radical (unpaired) electrons. The minimum atomic E-state index is -0.343. The smallest absolute Gasteiger partial charge is 0.271 e. The van der Waals surface area contributed by atoms with Gasteiger partial charge in [-0.1, -0.05) is 13.8 Å². The molecule has 0 spiro atoms. The normalized spacial score (nSPS) is 11.4. The third-order valence-corrected chi connectivity index (χ3v) is 2.05. The topological polar surface area (TPSA) is 104 Å². The summed E-state index contributed by atoms with van der Waals surface area (Å²) in [6.07, 6.45) is 1.38. The standard InChI is InChI=1S/C9H16N4O2/c1-9(2,5-14)4-11-8(15)7-6(10)3-12-13-7/h3,14H,4-5,10H2,1-2H3,(H,11,15)(H,12,13). The van der Waals surface area contributed by atoms with Crippen LogP contribution in [0.5, 0.6) is 0 Å². The van der Waals surface area contributed by atoms with Crippen molar-refractivity contribution in [3.8, 4) is 0 Å². The molecule has 0 saturated heterocycles. The summed E-state index contributed by atoms with van der Waals surface area (Å²) in [6, 6.07) is 0. The number of carbonyl (C=O) groups is 1. The Morgan fingerprint density at radius 3 is 2.87 bits per heavy atom.